The number of piperazine rings is 1. The molecule has 0 aromatic heterocycles. The van der Waals surface area contributed by atoms with E-state index in [9.17, 15) is 19.7 Å². The van der Waals surface area contributed by atoms with Crippen molar-refractivity contribution in [2.75, 3.05) is 51.3 Å². The van der Waals surface area contributed by atoms with Crippen molar-refractivity contribution in [1.82, 2.24) is 9.80 Å². The Morgan fingerprint density at radius 3 is 2.40 bits per heavy atom. The van der Waals surface area contributed by atoms with Crippen molar-refractivity contribution in [3.63, 3.8) is 0 Å². The monoisotopic (exact) mass is 480 g/mol. The number of aryl methyl sites for hydroxylation is 2. The van der Waals surface area contributed by atoms with Crippen LogP contribution in [0.5, 0.6) is 5.75 Å². The van der Waals surface area contributed by atoms with E-state index in [-0.39, 0.29) is 29.2 Å². The molecule has 2 saturated heterocycles. The Balaban J connectivity index is 1.38. The van der Waals surface area contributed by atoms with Crippen LogP contribution in [0, 0.1) is 29.9 Å². The quantitative estimate of drug-likeness (QED) is 0.481. The minimum absolute atomic E-state index is 0.0483. The van der Waals surface area contributed by atoms with E-state index in [0.717, 1.165) is 25.9 Å². The van der Waals surface area contributed by atoms with Gasteiger partial charge in [-0.3, -0.25) is 19.7 Å². The number of ether oxygens (including phenoxy) is 1. The van der Waals surface area contributed by atoms with Crippen LogP contribution in [0.25, 0.3) is 0 Å². The fourth-order valence-electron chi connectivity index (χ4n) is 5.09. The number of rotatable bonds is 5. The van der Waals surface area contributed by atoms with E-state index in [0.29, 0.717) is 31.7 Å². The number of nitro groups is 1. The topological polar surface area (TPSA) is 96.2 Å². The predicted molar refractivity (Wildman–Crippen MR) is 133 cm³/mol. The first-order chi connectivity index (χ1) is 16.8. The van der Waals surface area contributed by atoms with Gasteiger partial charge in [-0.05, 0) is 44.4 Å². The zero-order chi connectivity index (χ0) is 25.1. The van der Waals surface area contributed by atoms with Gasteiger partial charge in [-0.2, -0.15) is 0 Å². The number of nitro benzene ring substituents is 1. The van der Waals surface area contributed by atoms with Crippen LogP contribution in [0.15, 0.2) is 36.4 Å². The van der Waals surface area contributed by atoms with Gasteiger partial charge in [0.1, 0.15) is 0 Å². The zero-order valence-corrected chi connectivity index (χ0v) is 20.5. The van der Waals surface area contributed by atoms with E-state index in [1.807, 2.05) is 4.90 Å². The summed E-state index contributed by atoms with van der Waals surface area (Å²) in [5, 5.41) is 11.1. The maximum atomic E-state index is 13.3. The fraction of sp³-hybridized carbons (Fsp3) is 0.462. The van der Waals surface area contributed by atoms with Gasteiger partial charge >= 0.3 is 5.69 Å². The normalized spacial score (nSPS) is 18.4. The Labute approximate surface area is 205 Å². The second-order valence-corrected chi connectivity index (χ2v) is 9.34. The van der Waals surface area contributed by atoms with Gasteiger partial charge in [-0.25, -0.2) is 0 Å². The van der Waals surface area contributed by atoms with Gasteiger partial charge in [0.05, 0.1) is 18.0 Å². The molecule has 2 aromatic carbocycles. The van der Waals surface area contributed by atoms with Gasteiger partial charge in [0.2, 0.25) is 5.91 Å². The van der Waals surface area contributed by atoms with Crippen LogP contribution < -0.4 is 9.64 Å². The van der Waals surface area contributed by atoms with Gasteiger partial charge in [0.25, 0.3) is 5.91 Å². The Bertz CT molecular complexity index is 1130. The average Bonchev–Trinajstić information content (AvgIpc) is 2.87. The highest BCUT2D eigenvalue weighted by Crippen LogP contribution is 2.29. The average molecular weight is 481 g/mol. The number of nitrogens with zero attached hydrogens (tertiary/aromatic N) is 4. The minimum Gasteiger partial charge on any atom is -0.490 e. The Morgan fingerprint density at radius 2 is 1.74 bits per heavy atom. The highest BCUT2D eigenvalue weighted by atomic mass is 16.6. The number of methoxy groups -OCH3 is 1. The summed E-state index contributed by atoms with van der Waals surface area (Å²) in [4.78, 5) is 43.0. The predicted octanol–water partition coefficient (Wildman–Crippen LogP) is 3.42. The van der Waals surface area contributed by atoms with Crippen molar-refractivity contribution in [3.8, 4) is 5.75 Å². The molecule has 186 valence electrons. The first-order valence-corrected chi connectivity index (χ1v) is 12.0. The van der Waals surface area contributed by atoms with Crippen LogP contribution in [0.3, 0.4) is 0 Å². The van der Waals surface area contributed by atoms with Crippen molar-refractivity contribution in [3.05, 3.63) is 63.2 Å². The number of hydrogen-bond acceptors (Lipinski definition) is 6. The molecule has 4 rings (SSSR count). The molecule has 2 fully saturated rings. The summed E-state index contributed by atoms with van der Waals surface area (Å²) in [7, 11) is 1.34. The van der Waals surface area contributed by atoms with Crippen molar-refractivity contribution in [1.29, 1.82) is 0 Å². The molecule has 2 aliphatic heterocycles. The molecule has 0 aliphatic carbocycles. The molecule has 2 heterocycles. The van der Waals surface area contributed by atoms with E-state index >= 15 is 0 Å². The zero-order valence-electron chi connectivity index (χ0n) is 20.5. The molecular weight excluding hydrogens is 448 g/mol. The molecule has 0 saturated carbocycles. The number of carbonyl (C=O) groups is 2. The second-order valence-electron chi connectivity index (χ2n) is 9.34. The third-order valence-electron chi connectivity index (χ3n) is 6.97. The summed E-state index contributed by atoms with van der Waals surface area (Å²) in [5.41, 5.74) is 3.84. The molecule has 0 spiro atoms. The van der Waals surface area contributed by atoms with E-state index in [4.69, 9.17) is 4.74 Å². The number of benzene rings is 2. The van der Waals surface area contributed by atoms with Crippen molar-refractivity contribution in [2.45, 2.75) is 26.7 Å². The lowest BCUT2D eigenvalue weighted by atomic mass is 9.95. The van der Waals surface area contributed by atoms with E-state index < -0.39 is 4.92 Å². The van der Waals surface area contributed by atoms with Crippen molar-refractivity contribution < 1.29 is 19.2 Å². The number of piperidine rings is 1. The third-order valence-corrected chi connectivity index (χ3v) is 6.97. The summed E-state index contributed by atoms with van der Waals surface area (Å²) < 4.78 is 5.10. The molecule has 9 heteroatoms. The lowest BCUT2D eigenvalue weighted by Gasteiger charge is -2.40. The van der Waals surface area contributed by atoms with Crippen LogP contribution in [0.4, 0.5) is 11.4 Å². The molecule has 2 amide bonds. The molecular formula is C26H32N4O5. The Kier molecular flexibility index (Phi) is 7.23. The number of anilines is 1. The summed E-state index contributed by atoms with van der Waals surface area (Å²) >= 11 is 0. The molecule has 1 unspecified atom stereocenters. The molecule has 0 N–H and O–H groups in total. The van der Waals surface area contributed by atoms with E-state index in [1.165, 1.54) is 42.1 Å². The summed E-state index contributed by atoms with van der Waals surface area (Å²) in [6.45, 7) is 8.02. The molecule has 0 bridgehead atoms. The third kappa shape index (κ3) is 5.23. The maximum Gasteiger partial charge on any atom is 0.310 e. The highest BCUT2D eigenvalue weighted by Gasteiger charge is 2.33. The van der Waals surface area contributed by atoms with Gasteiger partial charge in [-0.1, -0.05) is 17.7 Å². The molecule has 2 aromatic rings. The van der Waals surface area contributed by atoms with Crippen LogP contribution in [0.2, 0.25) is 0 Å². The minimum atomic E-state index is -0.539. The number of carbonyl (C=O) groups excluding carboxylic acids is 2. The fourth-order valence-corrected chi connectivity index (χ4v) is 5.09. The van der Waals surface area contributed by atoms with E-state index in [1.54, 1.807) is 4.90 Å². The number of likely N-dealkylation sites (tertiary alicyclic amines) is 1. The van der Waals surface area contributed by atoms with Crippen LogP contribution >= 0.6 is 0 Å². The van der Waals surface area contributed by atoms with Gasteiger partial charge < -0.3 is 19.4 Å². The van der Waals surface area contributed by atoms with Crippen LogP contribution in [-0.4, -0.2) is 72.9 Å². The molecule has 9 nitrogen and oxygen atoms in total. The smallest absolute Gasteiger partial charge is 0.310 e. The lowest BCUT2D eigenvalue weighted by Crippen LogP contribution is -2.53. The molecule has 1 atom stereocenters. The number of hydrogen-bond donors (Lipinski definition) is 0. The largest absolute Gasteiger partial charge is 0.490 e. The maximum absolute atomic E-state index is 13.3. The summed E-state index contributed by atoms with van der Waals surface area (Å²) in [6.07, 6.45) is 1.50. The summed E-state index contributed by atoms with van der Waals surface area (Å²) in [5.74, 6) is -0.327. The van der Waals surface area contributed by atoms with Gasteiger partial charge in [0.15, 0.2) is 5.75 Å². The van der Waals surface area contributed by atoms with Crippen LogP contribution in [-0.2, 0) is 4.79 Å². The van der Waals surface area contributed by atoms with Crippen molar-refractivity contribution >= 4 is 23.2 Å². The molecule has 2 aliphatic rings. The Hall–Kier alpha value is -3.62. The molecule has 35 heavy (non-hydrogen) atoms. The number of amides is 2. The van der Waals surface area contributed by atoms with Crippen molar-refractivity contribution in [2.24, 2.45) is 5.92 Å². The standard InChI is InChI=1S/C26H32N4O5/c1-18-6-8-22(19(2)15-18)27-11-13-28(14-12-27)26(32)21-5-4-10-29(17-21)25(31)20-7-9-23(30(33)34)24(16-20)35-3/h6-9,15-16,21H,4-5,10-14,17H2,1-3H3. The first kappa shape index (κ1) is 24.5. The van der Waals surface area contributed by atoms with Gasteiger partial charge in [-0.15, -0.1) is 0 Å². The van der Waals surface area contributed by atoms with E-state index in [2.05, 4.69) is 36.9 Å². The summed E-state index contributed by atoms with van der Waals surface area (Å²) in [6, 6.07) is 10.6. The second kappa shape index (κ2) is 10.3. The highest BCUT2D eigenvalue weighted by molar-refractivity contribution is 5.95. The molecule has 0 radical (unpaired) electrons. The lowest BCUT2D eigenvalue weighted by molar-refractivity contribution is -0.385. The van der Waals surface area contributed by atoms with Crippen LogP contribution in [0.1, 0.15) is 34.3 Å². The Morgan fingerprint density at radius 1 is 1.00 bits per heavy atom. The SMILES string of the molecule is COc1cc(C(=O)N2CCCC(C(=O)N3CCN(c4ccc(C)cc4C)CC3)C2)ccc1[N+](=O)[O-]. The first-order valence-electron chi connectivity index (χ1n) is 12.0. The van der Waals surface area contributed by atoms with Gasteiger partial charge in [0, 0.05) is 62.7 Å².